The maximum absolute atomic E-state index is 14.5. The number of aromatic nitrogens is 6. The largest absolute Gasteiger partial charge is 0.474 e. The summed E-state index contributed by atoms with van der Waals surface area (Å²) in [5.41, 5.74) is 4.42. The van der Waals surface area contributed by atoms with Crippen molar-refractivity contribution in [2.24, 2.45) is 5.92 Å². The van der Waals surface area contributed by atoms with Crippen LogP contribution in [0.4, 0.5) is 5.95 Å². The summed E-state index contributed by atoms with van der Waals surface area (Å²) in [6, 6.07) is 1.61. The summed E-state index contributed by atoms with van der Waals surface area (Å²) < 4.78 is 81.3. The van der Waals surface area contributed by atoms with Crippen molar-refractivity contribution < 1.29 is 50.0 Å². The topological polar surface area (TPSA) is 244 Å². The SMILES string of the molecule is CC(C)[Si](O)(O[Si](O[C@H]1[C@H]2O[P@@](=O)(S)OC[C@H]3C[C@@H](Oc4ccncn4)C[C@@H]3O[P@](=O)(S)OC[C@H]1O[C@H]2n1cnc2c(=O)[nH]c(N)nc21)(C(C)C)C(C)C)C(C)C. The summed E-state index contributed by atoms with van der Waals surface area (Å²) in [6.45, 7) is 6.43. The average molecular weight is 910 g/mol. The van der Waals surface area contributed by atoms with E-state index in [4.69, 9.17) is 41.8 Å². The van der Waals surface area contributed by atoms with E-state index in [1.165, 1.54) is 17.2 Å². The van der Waals surface area contributed by atoms with Gasteiger partial charge in [-0.05, 0) is 28.6 Å². The Morgan fingerprint density at radius 1 is 0.965 bits per heavy atom. The van der Waals surface area contributed by atoms with Crippen LogP contribution in [-0.2, 0) is 40.5 Å². The number of H-pyrrole nitrogens is 1. The zero-order valence-electron chi connectivity index (χ0n) is 33.0. The van der Waals surface area contributed by atoms with Crippen LogP contribution in [0.2, 0.25) is 22.2 Å². The van der Waals surface area contributed by atoms with E-state index >= 15 is 0 Å². The van der Waals surface area contributed by atoms with Crippen LogP contribution < -0.4 is 16.0 Å². The highest BCUT2D eigenvalue weighted by atomic mass is 32.7. The van der Waals surface area contributed by atoms with Gasteiger partial charge in [-0.25, -0.2) is 24.1 Å². The van der Waals surface area contributed by atoms with E-state index in [9.17, 15) is 18.7 Å². The number of imidazole rings is 1. The Labute approximate surface area is 343 Å². The number of ether oxygens (including phenoxy) is 2. The van der Waals surface area contributed by atoms with Gasteiger partial charge in [-0.15, -0.1) is 0 Å². The Hall–Kier alpha value is -1.70. The van der Waals surface area contributed by atoms with Gasteiger partial charge in [-0.3, -0.25) is 27.9 Å². The van der Waals surface area contributed by atoms with Crippen molar-refractivity contribution in [1.82, 2.24) is 29.5 Å². The molecule has 19 nitrogen and oxygen atoms in total. The highest BCUT2D eigenvalue weighted by Gasteiger charge is 2.60. The van der Waals surface area contributed by atoms with Crippen LogP contribution in [0.15, 0.2) is 29.7 Å². The maximum atomic E-state index is 14.5. The molecule has 3 aromatic rings. The number of nitrogens with zero attached hydrogens (tertiary/aromatic N) is 5. The second-order valence-electron chi connectivity index (χ2n) is 15.9. The van der Waals surface area contributed by atoms with Crippen molar-refractivity contribution in [2.45, 2.75) is 127 Å². The number of fused-ring (bicyclic) bond motifs is 4. The third-order valence-electron chi connectivity index (χ3n) is 10.7. The fourth-order valence-electron chi connectivity index (χ4n) is 7.72. The van der Waals surface area contributed by atoms with Crippen molar-refractivity contribution in [3.05, 3.63) is 35.3 Å². The van der Waals surface area contributed by atoms with Gasteiger partial charge >= 0.3 is 30.7 Å². The zero-order chi connectivity index (χ0) is 41.7. The van der Waals surface area contributed by atoms with E-state index in [2.05, 4.69) is 49.4 Å². The molecule has 3 aliphatic rings. The first-order valence-electron chi connectivity index (χ1n) is 18.9. The molecule has 0 spiro atoms. The van der Waals surface area contributed by atoms with Crippen LogP contribution in [-0.4, -0.2) is 95.1 Å². The van der Waals surface area contributed by atoms with Gasteiger partial charge in [0.05, 0.1) is 25.6 Å². The number of hydrogen-bond donors (Lipinski definition) is 5. The van der Waals surface area contributed by atoms with Crippen LogP contribution in [0.25, 0.3) is 11.2 Å². The Kier molecular flexibility index (Phi) is 13.7. The number of nitrogens with one attached hydrogen (secondary N) is 1. The number of rotatable bonds is 11. The standard InChI is InChI=1S/C32H53N7O12P2S2Si2/c1-17(2)56(43,18(3)4)51-57(19(5)6,20(7)8)50-27-24-14-45-52(41,54)48-23-12-22(46-25-9-10-34-15-35-25)11-21(23)13-44-53(42,55)49-28(27)31(47-24)39-16-36-26-29(39)37-32(33)38-30(26)40/h9-10,15-24,27-28,31,43H,11-14H2,1-8H3,(H,41,54)(H,42,55)(H3,33,37,38,40)/t21-,22-,23+,24-,27-,28-,31-,52-,53+/m1/s1. The summed E-state index contributed by atoms with van der Waals surface area (Å²) in [4.78, 5) is 44.1. The van der Waals surface area contributed by atoms with Crippen LogP contribution in [0.3, 0.4) is 0 Å². The molecule has 2 bridgehead atoms. The summed E-state index contributed by atoms with van der Waals surface area (Å²) in [6.07, 6.45) is -1.32. The molecule has 0 amide bonds. The number of hydrogen-bond acceptors (Lipinski definition) is 17. The zero-order valence-corrected chi connectivity index (χ0v) is 38.6. The van der Waals surface area contributed by atoms with Crippen molar-refractivity contribution >= 4 is 72.3 Å². The number of anilines is 1. The minimum Gasteiger partial charge on any atom is -0.474 e. The third kappa shape index (κ3) is 9.61. The van der Waals surface area contributed by atoms with Gasteiger partial charge < -0.3 is 33.1 Å². The van der Waals surface area contributed by atoms with Crippen LogP contribution in [0, 0.1) is 5.92 Å². The fraction of sp³-hybridized carbons (Fsp3) is 0.719. The highest BCUT2D eigenvalue weighted by molar-refractivity contribution is 8.44. The molecule has 9 atom stereocenters. The van der Waals surface area contributed by atoms with E-state index in [1.807, 2.05) is 55.4 Å². The van der Waals surface area contributed by atoms with E-state index < -0.39 is 85.5 Å². The second kappa shape index (κ2) is 17.3. The Bertz CT molecular complexity index is 2020. The predicted octanol–water partition coefficient (Wildman–Crippen LogP) is 6.06. The van der Waals surface area contributed by atoms with Gasteiger partial charge in [-0.2, -0.15) is 4.98 Å². The number of nitrogens with two attached hydrogens (primary N) is 1. The Balaban J connectivity index is 1.43. The molecule has 0 unspecified atom stereocenters. The van der Waals surface area contributed by atoms with E-state index in [0.29, 0.717) is 12.3 Å². The molecule has 3 fully saturated rings. The quantitative estimate of drug-likeness (QED) is 0.0834. The number of nitrogen functional groups attached to an aromatic ring is 1. The molecule has 6 rings (SSSR count). The molecular formula is C32H53N7O12P2S2Si2. The van der Waals surface area contributed by atoms with Crippen molar-refractivity contribution in [3.63, 3.8) is 0 Å². The number of aromatic amines is 1. The van der Waals surface area contributed by atoms with Gasteiger partial charge in [0.25, 0.3) is 5.56 Å². The minimum absolute atomic E-state index is 0.0341. The summed E-state index contributed by atoms with van der Waals surface area (Å²) in [5, 5.41) is 0. The molecule has 25 heteroatoms. The molecule has 5 heterocycles. The molecule has 0 radical (unpaired) electrons. The molecular weight excluding hydrogens is 857 g/mol. The van der Waals surface area contributed by atoms with Crippen LogP contribution >= 0.6 is 38.1 Å². The van der Waals surface area contributed by atoms with Gasteiger partial charge in [0.15, 0.2) is 17.4 Å². The van der Waals surface area contributed by atoms with Crippen molar-refractivity contribution in [2.75, 3.05) is 18.9 Å². The molecule has 318 valence electrons. The molecule has 4 N–H and O–H groups in total. The van der Waals surface area contributed by atoms with Gasteiger partial charge in [0, 0.05) is 24.6 Å². The highest BCUT2D eigenvalue weighted by Crippen LogP contribution is 2.61. The first kappa shape index (κ1) is 44.8. The normalized spacial score (nSPS) is 31.8. The lowest BCUT2D eigenvalue weighted by Crippen LogP contribution is -2.62. The fourth-order valence-corrected chi connectivity index (χ4v) is 20.7. The average Bonchev–Trinajstić information content (AvgIpc) is 3.80. The molecule has 1 aliphatic carbocycles. The predicted molar refractivity (Wildman–Crippen MR) is 221 cm³/mol. The summed E-state index contributed by atoms with van der Waals surface area (Å²) in [7, 11) is -7.08. The molecule has 3 aromatic heterocycles. The van der Waals surface area contributed by atoms with Gasteiger partial charge in [0.2, 0.25) is 11.8 Å². The maximum Gasteiger partial charge on any atom is 0.386 e. The van der Waals surface area contributed by atoms with Gasteiger partial charge in [0.1, 0.15) is 30.7 Å². The van der Waals surface area contributed by atoms with E-state index in [0.717, 1.165) is 0 Å². The monoisotopic (exact) mass is 909 g/mol. The van der Waals surface area contributed by atoms with Crippen molar-refractivity contribution in [3.8, 4) is 5.88 Å². The van der Waals surface area contributed by atoms with Crippen LogP contribution in [0.1, 0.15) is 74.5 Å². The third-order valence-corrected chi connectivity index (χ3v) is 23.7. The lowest BCUT2D eigenvalue weighted by atomic mass is 10.1. The smallest absolute Gasteiger partial charge is 0.386 e. The van der Waals surface area contributed by atoms with Crippen molar-refractivity contribution in [1.29, 1.82) is 0 Å². The summed E-state index contributed by atoms with van der Waals surface area (Å²) in [5.74, 6) is -0.359. The summed E-state index contributed by atoms with van der Waals surface area (Å²) >= 11 is 8.82. The van der Waals surface area contributed by atoms with Gasteiger partial charge in [-0.1, -0.05) is 79.9 Å². The van der Waals surface area contributed by atoms with E-state index in [-0.39, 0.29) is 52.3 Å². The molecule has 1 saturated carbocycles. The van der Waals surface area contributed by atoms with Crippen LogP contribution in [0.5, 0.6) is 5.88 Å². The molecule has 2 saturated heterocycles. The first-order valence-corrected chi connectivity index (χ1v) is 28.2. The van der Waals surface area contributed by atoms with E-state index in [1.54, 1.807) is 12.3 Å². The Morgan fingerprint density at radius 2 is 1.63 bits per heavy atom. The lowest BCUT2D eigenvalue weighted by Gasteiger charge is -2.47. The second-order valence-corrected chi connectivity index (χ2v) is 30.2. The number of thiol groups is 2. The molecule has 57 heavy (non-hydrogen) atoms. The molecule has 0 aromatic carbocycles. The lowest BCUT2D eigenvalue weighted by molar-refractivity contribution is -0.0490. The first-order chi connectivity index (χ1) is 26.6. The minimum atomic E-state index is -4.33. The Morgan fingerprint density at radius 3 is 2.26 bits per heavy atom. The molecule has 2 aliphatic heterocycles.